The number of alkyl halides is 4. The van der Waals surface area contributed by atoms with Gasteiger partial charge in [0.1, 0.15) is 5.75 Å². The summed E-state index contributed by atoms with van der Waals surface area (Å²) in [6.07, 6.45) is -10.2. The Labute approximate surface area is 188 Å². The van der Waals surface area contributed by atoms with Crippen molar-refractivity contribution in [2.45, 2.75) is 43.3 Å². The van der Waals surface area contributed by atoms with Crippen LogP contribution in [0.3, 0.4) is 0 Å². The number of ketones is 1. The van der Waals surface area contributed by atoms with E-state index >= 15 is 0 Å². The SMILES string of the molecule is O=C1CC(=O)N([C@@H]2O[C@@](COP3(=S)OCc4ccccc4O3)(C(F)F)C(F)(F)[C@H]2O)C=C1F. The van der Waals surface area contributed by atoms with Crippen molar-refractivity contribution in [3.8, 4) is 5.75 Å². The molecule has 0 saturated carbocycles. The van der Waals surface area contributed by atoms with E-state index in [0.717, 1.165) is 0 Å². The molecule has 3 aliphatic rings. The highest BCUT2D eigenvalue weighted by atomic mass is 32.5. The maximum atomic E-state index is 15.0. The highest BCUT2D eigenvalue weighted by Gasteiger charge is 2.74. The minimum atomic E-state index is -4.69. The van der Waals surface area contributed by atoms with Crippen LogP contribution in [0.15, 0.2) is 36.3 Å². The Morgan fingerprint density at radius 1 is 1.30 bits per heavy atom. The van der Waals surface area contributed by atoms with Gasteiger partial charge in [0.2, 0.25) is 17.3 Å². The third-order valence-corrected chi connectivity index (χ3v) is 7.45. The summed E-state index contributed by atoms with van der Waals surface area (Å²) in [5, 5.41) is 10.1. The fourth-order valence-corrected chi connectivity index (χ4v) is 5.23. The van der Waals surface area contributed by atoms with Crippen LogP contribution in [0, 0.1) is 0 Å². The van der Waals surface area contributed by atoms with Crippen LogP contribution < -0.4 is 4.52 Å². The second kappa shape index (κ2) is 8.36. The van der Waals surface area contributed by atoms with Crippen LogP contribution in [0.1, 0.15) is 12.0 Å². The topological polar surface area (TPSA) is 94.5 Å². The van der Waals surface area contributed by atoms with E-state index in [9.17, 15) is 36.6 Å². The van der Waals surface area contributed by atoms with Gasteiger partial charge in [-0.15, -0.1) is 0 Å². The number of ether oxygens (including phenoxy) is 1. The summed E-state index contributed by atoms with van der Waals surface area (Å²) in [5.74, 6) is -8.42. The molecule has 180 valence electrons. The first-order chi connectivity index (χ1) is 15.4. The summed E-state index contributed by atoms with van der Waals surface area (Å²) in [4.78, 5) is 23.5. The Morgan fingerprint density at radius 3 is 2.70 bits per heavy atom. The van der Waals surface area contributed by atoms with E-state index in [2.05, 4.69) is 0 Å². The zero-order valence-corrected chi connectivity index (χ0v) is 18.0. The van der Waals surface area contributed by atoms with Crippen molar-refractivity contribution in [3.05, 3.63) is 41.9 Å². The minimum absolute atomic E-state index is 0.127. The van der Waals surface area contributed by atoms with E-state index in [1.165, 1.54) is 6.07 Å². The smallest absolute Gasteiger partial charge is 0.381 e. The molecule has 1 aromatic carbocycles. The maximum absolute atomic E-state index is 15.0. The van der Waals surface area contributed by atoms with Gasteiger partial charge in [-0.1, -0.05) is 18.2 Å². The molecule has 1 saturated heterocycles. The lowest BCUT2D eigenvalue weighted by molar-refractivity contribution is -0.243. The third kappa shape index (κ3) is 3.98. The number of hydrogen-bond acceptors (Lipinski definition) is 8. The van der Waals surface area contributed by atoms with Crippen molar-refractivity contribution in [3.63, 3.8) is 0 Å². The summed E-state index contributed by atoms with van der Waals surface area (Å²) in [6, 6.07) is 6.40. The zero-order valence-electron chi connectivity index (χ0n) is 16.3. The van der Waals surface area contributed by atoms with Gasteiger partial charge in [-0.2, -0.15) is 8.78 Å². The van der Waals surface area contributed by atoms with Gasteiger partial charge < -0.3 is 14.4 Å². The van der Waals surface area contributed by atoms with E-state index < -0.39 is 67.5 Å². The molecule has 0 radical (unpaired) electrons. The monoisotopic (exact) mass is 515 g/mol. The van der Waals surface area contributed by atoms with E-state index in [1.54, 1.807) is 18.2 Å². The van der Waals surface area contributed by atoms with Gasteiger partial charge in [-0.25, -0.2) is 13.2 Å². The van der Waals surface area contributed by atoms with E-state index in [0.29, 0.717) is 5.56 Å². The Balaban J connectivity index is 1.60. The van der Waals surface area contributed by atoms with Gasteiger partial charge in [-0.05, 0) is 6.07 Å². The molecule has 1 aromatic rings. The number of aliphatic hydroxyl groups is 1. The van der Waals surface area contributed by atoms with Gasteiger partial charge in [0, 0.05) is 23.6 Å². The molecule has 1 unspecified atom stereocenters. The van der Waals surface area contributed by atoms with Crippen molar-refractivity contribution >= 4 is 30.2 Å². The molecule has 1 amide bonds. The van der Waals surface area contributed by atoms with Crippen LogP contribution in [-0.4, -0.2) is 58.6 Å². The number of carbonyl (C=O) groups excluding carboxylic acids is 2. The van der Waals surface area contributed by atoms with E-state index in [1.807, 2.05) is 0 Å². The number of aliphatic hydroxyl groups excluding tert-OH is 1. The number of halogens is 5. The Hall–Kier alpha value is -1.96. The number of benzene rings is 1. The van der Waals surface area contributed by atoms with Crippen LogP contribution in [0.2, 0.25) is 0 Å². The molecule has 0 spiro atoms. The lowest BCUT2D eigenvalue weighted by Crippen LogP contribution is -2.57. The normalized spacial score (nSPS) is 33.7. The summed E-state index contributed by atoms with van der Waals surface area (Å²) in [7, 11) is 0. The zero-order chi connectivity index (χ0) is 24.2. The summed E-state index contributed by atoms with van der Waals surface area (Å²) in [6.45, 7) is -5.54. The van der Waals surface area contributed by atoms with Gasteiger partial charge >= 0.3 is 12.6 Å². The number of amides is 1. The maximum Gasteiger partial charge on any atom is 0.381 e. The largest absolute Gasteiger partial charge is 0.424 e. The highest BCUT2D eigenvalue weighted by molar-refractivity contribution is 8.07. The number of allylic oxidation sites excluding steroid dienone is 1. The Morgan fingerprint density at radius 2 is 2.00 bits per heavy atom. The van der Waals surface area contributed by atoms with Crippen LogP contribution in [0.4, 0.5) is 22.0 Å². The Bertz CT molecular complexity index is 1070. The van der Waals surface area contributed by atoms with Gasteiger partial charge in [-0.3, -0.25) is 23.5 Å². The van der Waals surface area contributed by atoms with Crippen molar-refractivity contribution < 1.29 is 55.0 Å². The van der Waals surface area contributed by atoms with E-state index in [-0.39, 0.29) is 23.5 Å². The number of rotatable bonds is 5. The first kappa shape index (κ1) is 24.2. The second-order valence-corrected chi connectivity index (χ2v) is 10.3. The second-order valence-electron chi connectivity index (χ2n) is 7.34. The predicted molar refractivity (Wildman–Crippen MR) is 102 cm³/mol. The molecule has 4 rings (SSSR count). The number of fused-ring (bicyclic) bond motifs is 1. The van der Waals surface area contributed by atoms with Crippen LogP contribution in [0.5, 0.6) is 5.75 Å². The molecule has 3 heterocycles. The number of Topliss-reactive ketones (excluding diaryl/α,β-unsaturated/α-hetero) is 1. The van der Waals surface area contributed by atoms with Crippen LogP contribution >= 0.6 is 6.72 Å². The van der Waals surface area contributed by atoms with Gasteiger partial charge in [0.05, 0.1) is 19.6 Å². The molecule has 0 aliphatic carbocycles. The van der Waals surface area contributed by atoms with Gasteiger partial charge in [0.25, 0.3) is 6.43 Å². The summed E-state index contributed by atoms with van der Waals surface area (Å²) in [5.41, 5.74) is -3.23. The summed E-state index contributed by atoms with van der Waals surface area (Å²) < 4.78 is 92.2. The Kier molecular flexibility index (Phi) is 6.13. The van der Waals surface area contributed by atoms with Crippen molar-refractivity contribution in [1.29, 1.82) is 0 Å². The summed E-state index contributed by atoms with van der Waals surface area (Å²) >= 11 is 5.08. The fourth-order valence-electron chi connectivity index (χ4n) is 3.43. The van der Waals surface area contributed by atoms with Gasteiger partial charge in [0.15, 0.2) is 18.2 Å². The average molecular weight is 515 g/mol. The van der Waals surface area contributed by atoms with Crippen LogP contribution in [0.25, 0.3) is 0 Å². The lowest BCUT2D eigenvalue weighted by atomic mass is 9.95. The standard InChI is InChI=1S/C18H15F5NO7PS/c19-10-6-24(13(26)5-11(10)25)15-14(27)18(22,23)17(30-15,16(20)21)8-29-32(33)28-7-9-3-1-2-4-12(9)31-32/h1-4,6,14-16,27H,5,7-8H2/t14-,15+,17-,32?/m0/s1. The highest BCUT2D eigenvalue weighted by Crippen LogP contribution is 2.57. The molecule has 1 fully saturated rings. The molecule has 3 aliphatic heterocycles. The molecule has 15 heteroatoms. The molecule has 8 nitrogen and oxygen atoms in total. The molecule has 1 N–H and O–H groups in total. The molecule has 0 aromatic heterocycles. The van der Waals surface area contributed by atoms with Crippen molar-refractivity contribution in [1.82, 2.24) is 4.90 Å². The van der Waals surface area contributed by atoms with Crippen LogP contribution in [-0.2, 0) is 41.8 Å². The first-order valence-electron chi connectivity index (χ1n) is 9.30. The molecular weight excluding hydrogens is 500 g/mol. The number of carbonyl (C=O) groups is 2. The van der Waals surface area contributed by atoms with Crippen molar-refractivity contribution in [2.24, 2.45) is 0 Å². The molecule has 4 atom stereocenters. The first-order valence-corrected chi connectivity index (χ1v) is 11.9. The fraction of sp³-hybridized carbons (Fsp3) is 0.444. The minimum Gasteiger partial charge on any atom is -0.424 e. The number of para-hydroxylation sites is 1. The number of nitrogens with zero attached hydrogens (tertiary/aromatic N) is 1. The molecule has 0 bridgehead atoms. The average Bonchev–Trinajstić information content (AvgIpc) is 2.96. The predicted octanol–water partition coefficient (Wildman–Crippen LogP) is 2.81. The third-order valence-electron chi connectivity index (χ3n) is 5.28. The molecular formula is C18H15F5NO7PS. The van der Waals surface area contributed by atoms with Crippen molar-refractivity contribution in [2.75, 3.05) is 6.61 Å². The lowest BCUT2D eigenvalue weighted by Gasteiger charge is -2.35. The van der Waals surface area contributed by atoms with E-state index in [4.69, 9.17) is 30.1 Å². The quantitative estimate of drug-likeness (QED) is 0.364. The number of hydrogen-bond donors (Lipinski definition) is 1. The molecule has 33 heavy (non-hydrogen) atoms.